The van der Waals surface area contributed by atoms with E-state index in [4.69, 9.17) is 11.6 Å². The summed E-state index contributed by atoms with van der Waals surface area (Å²) in [6.07, 6.45) is -4.74. The first-order valence-corrected chi connectivity index (χ1v) is 9.11. The van der Waals surface area contributed by atoms with Crippen LogP contribution in [0.5, 0.6) is 5.75 Å². The van der Waals surface area contributed by atoms with Crippen molar-refractivity contribution >= 4 is 45.4 Å². The van der Waals surface area contributed by atoms with Crippen LogP contribution < -0.4 is 15.4 Å². The predicted molar refractivity (Wildman–Crippen MR) is 103 cm³/mol. The first kappa shape index (κ1) is 20.0. The molecule has 0 saturated heterocycles. The molecule has 1 aromatic heterocycles. The molecule has 5 nitrogen and oxygen atoms in total. The van der Waals surface area contributed by atoms with Crippen molar-refractivity contribution in [3.8, 4) is 5.75 Å². The van der Waals surface area contributed by atoms with Gasteiger partial charge >= 0.3 is 6.36 Å². The number of nitrogens with one attached hydrogen (secondary N) is 2. The number of carbonyl (C=O) groups is 1. The average Bonchev–Trinajstić information content (AvgIpc) is 3.07. The Balaban J connectivity index is 1.65. The number of benzene rings is 2. The van der Waals surface area contributed by atoms with Crippen molar-refractivity contribution in [3.63, 3.8) is 0 Å². The van der Waals surface area contributed by atoms with Crippen molar-refractivity contribution < 1.29 is 22.7 Å². The summed E-state index contributed by atoms with van der Waals surface area (Å²) in [6.45, 7) is 1.84. The maximum absolute atomic E-state index is 12.4. The monoisotopic (exact) mass is 427 g/mol. The number of aryl methyl sites for hydroxylation is 1. The SMILES string of the molecule is Cc1ccc(Cl)cc1NC(=O)c1csc(Nc2ccc(OC(F)(F)F)cc2)n1. The molecule has 2 N–H and O–H groups in total. The maximum Gasteiger partial charge on any atom is 0.573 e. The maximum atomic E-state index is 12.4. The molecule has 0 aliphatic rings. The smallest absolute Gasteiger partial charge is 0.406 e. The molecule has 0 fully saturated rings. The number of carbonyl (C=O) groups excluding carboxylic acids is 1. The number of ether oxygens (including phenoxy) is 1. The minimum atomic E-state index is -4.74. The van der Waals surface area contributed by atoms with Crippen LogP contribution in [0.15, 0.2) is 47.8 Å². The Hall–Kier alpha value is -2.78. The van der Waals surface area contributed by atoms with Gasteiger partial charge in [0.2, 0.25) is 0 Å². The number of hydrogen-bond donors (Lipinski definition) is 2. The van der Waals surface area contributed by atoms with Crippen molar-refractivity contribution in [1.29, 1.82) is 0 Å². The Morgan fingerprint density at radius 2 is 1.89 bits per heavy atom. The van der Waals surface area contributed by atoms with Gasteiger partial charge in [-0.2, -0.15) is 0 Å². The molecule has 0 saturated carbocycles. The second kappa shape index (κ2) is 8.07. The molecule has 0 spiro atoms. The van der Waals surface area contributed by atoms with Gasteiger partial charge in [-0.15, -0.1) is 24.5 Å². The van der Waals surface area contributed by atoms with E-state index in [1.54, 1.807) is 23.6 Å². The number of rotatable bonds is 5. The molecule has 3 aromatic rings. The largest absolute Gasteiger partial charge is 0.573 e. The third-order valence-corrected chi connectivity index (χ3v) is 4.52. The van der Waals surface area contributed by atoms with Gasteiger partial charge in [0, 0.05) is 21.8 Å². The molecular formula is C18H13ClF3N3O2S. The minimum absolute atomic E-state index is 0.198. The Labute approximate surface area is 167 Å². The third-order valence-electron chi connectivity index (χ3n) is 3.52. The van der Waals surface area contributed by atoms with Gasteiger partial charge in [-0.25, -0.2) is 4.98 Å². The number of thiazole rings is 1. The number of anilines is 3. The van der Waals surface area contributed by atoms with E-state index >= 15 is 0 Å². The van der Waals surface area contributed by atoms with Gasteiger partial charge in [-0.1, -0.05) is 17.7 Å². The summed E-state index contributed by atoms with van der Waals surface area (Å²) >= 11 is 7.13. The lowest BCUT2D eigenvalue weighted by atomic mass is 10.2. The highest BCUT2D eigenvalue weighted by Crippen LogP contribution is 2.27. The molecule has 0 unspecified atom stereocenters. The highest BCUT2D eigenvalue weighted by atomic mass is 35.5. The fourth-order valence-corrected chi connectivity index (χ4v) is 3.10. The van der Waals surface area contributed by atoms with E-state index in [9.17, 15) is 18.0 Å². The molecule has 10 heteroatoms. The van der Waals surface area contributed by atoms with Crippen LogP contribution >= 0.6 is 22.9 Å². The highest BCUT2D eigenvalue weighted by molar-refractivity contribution is 7.14. The molecular weight excluding hydrogens is 415 g/mol. The minimum Gasteiger partial charge on any atom is -0.406 e. The van der Waals surface area contributed by atoms with Crippen LogP contribution in [-0.4, -0.2) is 17.3 Å². The second-order valence-electron chi connectivity index (χ2n) is 5.65. The van der Waals surface area contributed by atoms with Crippen molar-refractivity contribution in [1.82, 2.24) is 4.98 Å². The second-order valence-corrected chi connectivity index (χ2v) is 6.94. The first-order chi connectivity index (χ1) is 13.2. The Bertz CT molecular complexity index is 990. The molecule has 3 rings (SSSR count). The summed E-state index contributed by atoms with van der Waals surface area (Å²) < 4.78 is 40.4. The highest BCUT2D eigenvalue weighted by Gasteiger charge is 2.30. The van der Waals surface area contributed by atoms with Crippen LogP contribution in [0.3, 0.4) is 0 Å². The standard InChI is InChI=1S/C18H13ClF3N3O2S/c1-10-2-3-11(19)8-14(10)24-16(26)15-9-28-17(25-15)23-12-4-6-13(7-5-12)27-18(20,21)22/h2-9H,1H3,(H,23,25)(H,24,26). The number of hydrogen-bond acceptors (Lipinski definition) is 5. The normalized spacial score (nSPS) is 11.2. The summed E-state index contributed by atoms with van der Waals surface area (Å²) in [4.78, 5) is 16.5. The van der Waals surface area contributed by atoms with Crippen LogP contribution in [0.4, 0.5) is 29.7 Å². The van der Waals surface area contributed by atoms with Gasteiger partial charge in [-0.3, -0.25) is 4.79 Å². The molecule has 28 heavy (non-hydrogen) atoms. The fourth-order valence-electron chi connectivity index (χ4n) is 2.21. The van der Waals surface area contributed by atoms with Crippen molar-refractivity contribution in [2.75, 3.05) is 10.6 Å². The number of halogens is 4. The van der Waals surface area contributed by atoms with E-state index in [2.05, 4.69) is 20.4 Å². The van der Waals surface area contributed by atoms with E-state index in [0.717, 1.165) is 5.56 Å². The lowest BCUT2D eigenvalue weighted by molar-refractivity contribution is -0.274. The summed E-state index contributed by atoms with van der Waals surface area (Å²) in [5.74, 6) is -0.724. The summed E-state index contributed by atoms with van der Waals surface area (Å²) in [6, 6.07) is 10.3. The van der Waals surface area contributed by atoms with E-state index in [0.29, 0.717) is 21.5 Å². The van der Waals surface area contributed by atoms with E-state index in [1.807, 2.05) is 6.92 Å². The van der Waals surface area contributed by atoms with Crippen molar-refractivity contribution in [2.45, 2.75) is 13.3 Å². The lowest BCUT2D eigenvalue weighted by Crippen LogP contribution is -2.16. The Morgan fingerprint density at radius 1 is 1.18 bits per heavy atom. The van der Waals surface area contributed by atoms with Crippen LogP contribution in [0, 0.1) is 6.92 Å². The fraction of sp³-hybridized carbons (Fsp3) is 0.111. The van der Waals surface area contributed by atoms with Gasteiger partial charge < -0.3 is 15.4 Å². The number of amides is 1. The topological polar surface area (TPSA) is 63.2 Å². The first-order valence-electron chi connectivity index (χ1n) is 7.85. The molecule has 146 valence electrons. The zero-order valence-electron chi connectivity index (χ0n) is 14.3. The lowest BCUT2D eigenvalue weighted by Gasteiger charge is -2.09. The van der Waals surface area contributed by atoms with Crippen molar-refractivity contribution in [2.24, 2.45) is 0 Å². The molecule has 0 atom stereocenters. The van der Waals surface area contributed by atoms with E-state index < -0.39 is 12.3 Å². The molecule has 1 amide bonds. The predicted octanol–water partition coefficient (Wildman–Crippen LogP) is 6.00. The molecule has 0 aliphatic heterocycles. The molecule has 0 bridgehead atoms. The van der Waals surface area contributed by atoms with Gasteiger partial charge in [0.05, 0.1) is 0 Å². The van der Waals surface area contributed by atoms with Crippen LogP contribution in [0.1, 0.15) is 16.1 Å². The molecule has 1 heterocycles. The summed E-state index contributed by atoms with van der Waals surface area (Å²) in [5, 5.41) is 8.15. The van der Waals surface area contributed by atoms with Crippen LogP contribution in [0.25, 0.3) is 0 Å². The van der Waals surface area contributed by atoms with Crippen molar-refractivity contribution in [3.05, 3.63) is 64.1 Å². The van der Waals surface area contributed by atoms with Gasteiger partial charge in [0.15, 0.2) is 5.13 Å². The quantitative estimate of drug-likeness (QED) is 0.524. The van der Waals surface area contributed by atoms with Crippen LogP contribution in [-0.2, 0) is 0 Å². The van der Waals surface area contributed by atoms with Gasteiger partial charge in [0.1, 0.15) is 11.4 Å². The molecule has 2 aromatic carbocycles. The summed E-state index contributed by atoms with van der Waals surface area (Å²) in [7, 11) is 0. The zero-order valence-corrected chi connectivity index (χ0v) is 15.9. The average molecular weight is 428 g/mol. The molecule has 0 radical (unpaired) electrons. The van der Waals surface area contributed by atoms with E-state index in [-0.39, 0.29) is 11.4 Å². The number of nitrogens with zero attached hydrogens (tertiary/aromatic N) is 1. The number of aromatic nitrogens is 1. The Morgan fingerprint density at radius 3 is 2.57 bits per heavy atom. The third kappa shape index (κ3) is 5.37. The number of alkyl halides is 3. The van der Waals surface area contributed by atoms with Crippen LogP contribution in [0.2, 0.25) is 5.02 Å². The molecule has 0 aliphatic carbocycles. The van der Waals surface area contributed by atoms with E-state index in [1.165, 1.54) is 35.6 Å². The van der Waals surface area contributed by atoms with Gasteiger partial charge in [0.25, 0.3) is 5.91 Å². The Kier molecular flexibility index (Phi) is 5.76. The van der Waals surface area contributed by atoms with Gasteiger partial charge in [-0.05, 0) is 48.9 Å². The zero-order chi connectivity index (χ0) is 20.3. The summed E-state index contributed by atoms with van der Waals surface area (Å²) in [5.41, 5.74) is 2.14.